The van der Waals surface area contributed by atoms with Crippen molar-refractivity contribution in [3.8, 4) is 0 Å². The van der Waals surface area contributed by atoms with E-state index in [1.54, 1.807) is 0 Å². The fourth-order valence-corrected chi connectivity index (χ4v) is 4.97. The minimum Gasteiger partial charge on any atom is -0.353 e. The molecule has 1 N–H and O–H groups in total. The third-order valence-corrected chi connectivity index (χ3v) is 7.07. The number of amides is 2. The molecule has 0 bridgehead atoms. The Morgan fingerprint density at radius 2 is 1.66 bits per heavy atom. The minimum atomic E-state index is 0.0811. The van der Waals surface area contributed by atoms with Crippen molar-refractivity contribution in [1.29, 1.82) is 0 Å². The average Bonchev–Trinajstić information content (AvgIpc) is 3.14. The van der Waals surface area contributed by atoms with E-state index in [-0.39, 0.29) is 17.7 Å². The summed E-state index contributed by atoms with van der Waals surface area (Å²) in [4.78, 5) is 36.6. The monoisotopic (exact) mass is 398 g/mol. The quantitative estimate of drug-likeness (QED) is 0.826. The molecule has 6 nitrogen and oxygen atoms in total. The molecule has 2 aliphatic carbocycles. The standard InChI is InChI=1S/C23H34N4O2/c1-15-20(13-21(28)26-19-9-4-3-5-10-19)16(2)25-22(24-15)18-11-12-27(14-18)23(29)17-7-6-8-17/h17-19H,3-14H2,1-2H3,(H,26,28)/t18-/m0/s1. The van der Waals surface area contributed by atoms with Crippen LogP contribution < -0.4 is 5.32 Å². The van der Waals surface area contributed by atoms with E-state index in [0.717, 1.165) is 68.0 Å². The smallest absolute Gasteiger partial charge is 0.225 e. The van der Waals surface area contributed by atoms with Crippen LogP contribution in [-0.2, 0) is 16.0 Å². The molecule has 2 heterocycles. The molecule has 2 saturated carbocycles. The van der Waals surface area contributed by atoms with Crippen molar-refractivity contribution in [3.63, 3.8) is 0 Å². The highest BCUT2D eigenvalue weighted by Crippen LogP contribution is 2.32. The van der Waals surface area contributed by atoms with Crippen LogP contribution in [0.5, 0.6) is 0 Å². The number of nitrogens with one attached hydrogen (secondary N) is 1. The van der Waals surface area contributed by atoms with E-state index >= 15 is 0 Å². The summed E-state index contributed by atoms with van der Waals surface area (Å²) in [5.74, 6) is 1.70. The van der Waals surface area contributed by atoms with Crippen molar-refractivity contribution >= 4 is 11.8 Å². The van der Waals surface area contributed by atoms with Crippen molar-refractivity contribution in [2.24, 2.45) is 5.92 Å². The molecule has 1 aromatic rings. The zero-order valence-electron chi connectivity index (χ0n) is 17.9. The molecule has 3 aliphatic rings. The summed E-state index contributed by atoms with van der Waals surface area (Å²) >= 11 is 0. The van der Waals surface area contributed by atoms with E-state index in [0.29, 0.717) is 18.4 Å². The van der Waals surface area contributed by atoms with Crippen LogP contribution in [0, 0.1) is 19.8 Å². The molecule has 3 fully saturated rings. The largest absolute Gasteiger partial charge is 0.353 e. The number of hydrogen-bond donors (Lipinski definition) is 1. The molecule has 0 spiro atoms. The fraction of sp³-hybridized carbons (Fsp3) is 0.739. The number of hydrogen-bond acceptors (Lipinski definition) is 4. The van der Waals surface area contributed by atoms with E-state index < -0.39 is 0 Å². The fourth-order valence-electron chi connectivity index (χ4n) is 4.97. The van der Waals surface area contributed by atoms with Crippen molar-refractivity contribution in [1.82, 2.24) is 20.2 Å². The Kier molecular flexibility index (Phi) is 6.16. The third kappa shape index (κ3) is 4.62. The normalized spacial score (nSPS) is 23.1. The summed E-state index contributed by atoms with van der Waals surface area (Å²) in [6, 6.07) is 0.328. The summed E-state index contributed by atoms with van der Waals surface area (Å²) in [6.07, 6.45) is 10.5. The molecule has 158 valence electrons. The first-order valence-electron chi connectivity index (χ1n) is 11.4. The van der Waals surface area contributed by atoms with Gasteiger partial charge in [-0.3, -0.25) is 9.59 Å². The highest BCUT2D eigenvalue weighted by atomic mass is 16.2. The molecular formula is C23H34N4O2. The summed E-state index contributed by atoms with van der Waals surface area (Å²) in [6.45, 7) is 5.50. The number of rotatable bonds is 5. The van der Waals surface area contributed by atoms with Gasteiger partial charge in [0.25, 0.3) is 0 Å². The zero-order chi connectivity index (χ0) is 20.4. The number of nitrogens with zero attached hydrogens (tertiary/aromatic N) is 3. The molecule has 1 saturated heterocycles. The summed E-state index contributed by atoms with van der Waals surface area (Å²) in [5.41, 5.74) is 2.74. The highest BCUT2D eigenvalue weighted by Gasteiger charge is 2.35. The molecule has 0 unspecified atom stereocenters. The first-order chi connectivity index (χ1) is 14.0. The lowest BCUT2D eigenvalue weighted by Crippen LogP contribution is -2.37. The van der Waals surface area contributed by atoms with Gasteiger partial charge in [0.2, 0.25) is 11.8 Å². The van der Waals surface area contributed by atoms with Gasteiger partial charge in [-0.25, -0.2) is 9.97 Å². The third-order valence-electron chi connectivity index (χ3n) is 7.07. The molecule has 0 aromatic carbocycles. The number of aromatic nitrogens is 2. The van der Waals surface area contributed by atoms with Crippen LogP contribution >= 0.6 is 0 Å². The van der Waals surface area contributed by atoms with Gasteiger partial charge in [-0.2, -0.15) is 0 Å². The van der Waals surface area contributed by atoms with E-state index in [1.807, 2.05) is 18.7 Å². The summed E-state index contributed by atoms with van der Waals surface area (Å²) < 4.78 is 0. The Hall–Kier alpha value is -1.98. The van der Waals surface area contributed by atoms with Gasteiger partial charge < -0.3 is 10.2 Å². The van der Waals surface area contributed by atoms with Crippen LogP contribution in [0.3, 0.4) is 0 Å². The van der Waals surface area contributed by atoms with Crippen molar-refractivity contribution < 1.29 is 9.59 Å². The SMILES string of the molecule is Cc1nc([C@H]2CCN(C(=O)C3CCC3)C2)nc(C)c1CC(=O)NC1CCCCC1. The second-order valence-corrected chi connectivity index (χ2v) is 9.21. The van der Waals surface area contributed by atoms with Gasteiger partial charge in [0, 0.05) is 47.9 Å². The zero-order valence-corrected chi connectivity index (χ0v) is 17.9. The minimum absolute atomic E-state index is 0.0811. The number of carbonyl (C=O) groups is 2. The van der Waals surface area contributed by atoms with Crippen LogP contribution in [0.2, 0.25) is 0 Å². The second-order valence-electron chi connectivity index (χ2n) is 9.21. The molecular weight excluding hydrogens is 364 g/mol. The molecule has 4 rings (SSSR count). The highest BCUT2D eigenvalue weighted by molar-refractivity contribution is 5.80. The Morgan fingerprint density at radius 3 is 2.28 bits per heavy atom. The van der Waals surface area contributed by atoms with Gasteiger partial charge in [0.15, 0.2) is 0 Å². The molecule has 0 radical (unpaired) electrons. The maximum atomic E-state index is 12.5. The lowest BCUT2D eigenvalue weighted by Gasteiger charge is -2.29. The number of aryl methyl sites for hydroxylation is 2. The average molecular weight is 399 g/mol. The van der Waals surface area contributed by atoms with E-state index in [1.165, 1.54) is 25.7 Å². The van der Waals surface area contributed by atoms with Crippen LogP contribution in [0.25, 0.3) is 0 Å². The molecule has 6 heteroatoms. The summed E-state index contributed by atoms with van der Waals surface area (Å²) in [5, 5.41) is 3.19. The van der Waals surface area contributed by atoms with Gasteiger partial charge in [0.1, 0.15) is 5.82 Å². The van der Waals surface area contributed by atoms with Gasteiger partial charge >= 0.3 is 0 Å². The van der Waals surface area contributed by atoms with E-state index in [2.05, 4.69) is 5.32 Å². The van der Waals surface area contributed by atoms with Crippen LogP contribution in [0.15, 0.2) is 0 Å². The Balaban J connectivity index is 1.38. The van der Waals surface area contributed by atoms with Gasteiger partial charge in [0.05, 0.1) is 6.42 Å². The van der Waals surface area contributed by atoms with Crippen molar-refractivity contribution in [2.45, 2.75) is 90.0 Å². The lowest BCUT2D eigenvalue weighted by molar-refractivity contribution is -0.137. The molecule has 29 heavy (non-hydrogen) atoms. The van der Waals surface area contributed by atoms with Gasteiger partial charge in [-0.05, 0) is 46.0 Å². The number of carbonyl (C=O) groups excluding carboxylic acids is 2. The van der Waals surface area contributed by atoms with Crippen LogP contribution in [0.1, 0.15) is 86.5 Å². The summed E-state index contributed by atoms with van der Waals surface area (Å²) in [7, 11) is 0. The van der Waals surface area contributed by atoms with Crippen LogP contribution in [-0.4, -0.2) is 45.8 Å². The predicted molar refractivity (Wildman–Crippen MR) is 112 cm³/mol. The molecule has 1 atom stereocenters. The topological polar surface area (TPSA) is 75.2 Å². The van der Waals surface area contributed by atoms with E-state index in [4.69, 9.17) is 9.97 Å². The first kappa shape index (κ1) is 20.3. The van der Waals surface area contributed by atoms with Crippen LogP contribution in [0.4, 0.5) is 0 Å². The maximum absolute atomic E-state index is 12.5. The maximum Gasteiger partial charge on any atom is 0.225 e. The van der Waals surface area contributed by atoms with Crippen molar-refractivity contribution in [2.75, 3.05) is 13.1 Å². The number of likely N-dealkylation sites (tertiary alicyclic amines) is 1. The van der Waals surface area contributed by atoms with E-state index in [9.17, 15) is 9.59 Å². The Bertz CT molecular complexity index is 745. The Morgan fingerprint density at radius 1 is 0.966 bits per heavy atom. The Labute approximate surface area is 173 Å². The lowest BCUT2D eigenvalue weighted by atomic mass is 9.84. The van der Waals surface area contributed by atoms with Crippen molar-refractivity contribution in [3.05, 3.63) is 22.8 Å². The molecule has 1 aromatic heterocycles. The molecule has 1 aliphatic heterocycles. The first-order valence-corrected chi connectivity index (χ1v) is 11.4. The molecule has 2 amide bonds. The van der Waals surface area contributed by atoms with Gasteiger partial charge in [-0.15, -0.1) is 0 Å². The second kappa shape index (κ2) is 8.80. The van der Waals surface area contributed by atoms with Gasteiger partial charge in [-0.1, -0.05) is 25.7 Å². The predicted octanol–water partition coefficient (Wildman–Crippen LogP) is 3.20.